The second-order valence-electron chi connectivity index (χ2n) is 6.03. The lowest BCUT2D eigenvalue weighted by Crippen LogP contribution is -2.38. The molecule has 2 aromatic carbocycles. The fraction of sp³-hybridized carbons (Fsp3) is 0.227. The summed E-state index contributed by atoms with van der Waals surface area (Å²) in [6.07, 6.45) is 0.904. The largest absolute Gasteiger partial charge is 0.506 e. The summed E-state index contributed by atoms with van der Waals surface area (Å²) in [5.41, 5.74) is 0.850. The zero-order valence-electron chi connectivity index (χ0n) is 17.5. The summed E-state index contributed by atoms with van der Waals surface area (Å²) in [5, 5.41) is 12.8. The third kappa shape index (κ3) is 6.49. The molecule has 3 amide bonds. The molecular formula is C22H24N2O7. The molecule has 9 heteroatoms. The van der Waals surface area contributed by atoms with E-state index in [1.807, 2.05) is 0 Å². The van der Waals surface area contributed by atoms with Crippen LogP contribution in [-0.4, -0.2) is 43.5 Å². The topological polar surface area (TPSA) is 114 Å². The third-order valence-corrected chi connectivity index (χ3v) is 3.93. The molecule has 0 spiro atoms. The molecular weight excluding hydrogens is 404 g/mol. The van der Waals surface area contributed by atoms with Crippen LogP contribution in [0, 0.1) is 0 Å². The number of ether oxygens (including phenoxy) is 3. The van der Waals surface area contributed by atoms with Gasteiger partial charge >= 0.3 is 12.2 Å². The Morgan fingerprint density at radius 2 is 1.61 bits per heavy atom. The molecule has 0 aliphatic carbocycles. The fourth-order valence-corrected chi connectivity index (χ4v) is 2.50. The van der Waals surface area contributed by atoms with Crippen LogP contribution in [0.3, 0.4) is 0 Å². The van der Waals surface area contributed by atoms with Crippen LogP contribution in [0.4, 0.5) is 21.0 Å². The summed E-state index contributed by atoms with van der Waals surface area (Å²) in [6, 6.07) is 11.0. The van der Waals surface area contributed by atoms with Gasteiger partial charge < -0.3 is 24.6 Å². The van der Waals surface area contributed by atoms with Crippen LogP contribution in [-0.2, 0) is 14.3 Å². The van der Waals surface area contributed by atoms with Gasteiger partial charge in [-0.1, -0.05) is 12.1 Å². The maximum atomic E-state index is 12.3. The summed E-state index contributed by atoms with van der Waals surface area (Å²) in [7, 11) is 1.56. The molecule has 31 heavy (non-hydrogen) atoms. The van der Waals surface area contributed by atoms with Gasteiger partial charge in [0.15, 0.2) is 0 Å². The highest BCUT2D eigenvalue weighted by atomic mass is 16.6. The van der Waals surface area contributed by atoms with Gasteiger partial charge in [-0.2, -0.15) is 4.90 Å². The number of amides is 3. The minimum absolute atomic E-state index is 0.0160. The second-order valence-corrected chi connectivity index (χ2v) is 6.03. The number of nitrogens with one attached hydrogen (secondary N) is 1. The Hall–Kier alpha value is -4.01. The number of anilines is 2. The predicted octanol–water partition coefficient (Wildman–Crippen LogP) is 4.17. The Morgan fingerprint density at radius 3 is 2.16 bits per heavy atom. The monoisotopic (exact) mass is 428 g/mol. The van der Waals surface area contributed by atoms with E-state index in [0.717, 1.165) is 5.56 Å². The van der Waals surface area contributed by atoms with Gasteiger partial charge in [-0.15, -0.1) is 0 Å². The van der Waals surface area contributed by atoms with E-state index in [0.29, 0.717) is 10.6 Å². The number of benzene rings is 2. The van der Waals surface area contributed by atoms with Crippen LogP contribution in [0.2, 0.25) is 0 Å². The van der Waals surface area contributed by atoms with Crippen molar-refractivity contribution in [3.8, 4) is 11.5 Å². The summed E-state index contributed by atoms with van der Waals surface area (Å²) in [4.78, 5) is 37.3. The predicted molar refractivity (Wildman–Crippen MR) is 115 cm³/mol. The van der Waals surface area contributed by atoms with E-state index >= 15 is 0 Å². The van der Waals surface area contributed by atoms with Crippen molar-refractivity contribution in [2.24, 2.45) is 0 Å². The first-order chi connectivity index (χ1) is 14.9. The van der Waals surface area contributed by atoms with Gasteiger partial charge in [-0.3, -0.25) is 4.79 Å². The molecule has 0 aliphatic rings. The molecule has 0 unspecified atom stereocenters. The van der Waals surface area contributed by atoms with Crippen LogP contribution in [0.1, 0.15) is 19.4 Å². The SMILES string of the molecule is CCOC(=O)N(C(=O)OCC)c1cc(NC(=O)C=Cc2ccc(OC)cc2)ccc1O. The Labute approximate surface area is 179 Å². The molecule has 0 bridgehead atoms. The van der Waals surface area contributed by atoms with E-state index in [4.69, 9.17) is 14.2 Å². The molecule has 164 valence electrons. The van der Waals surface area contributed by atoms with E-state index in [1.165, 1.54) is 24.3 Å². The molecule has 2 aromatic rings. The number of hydrogen-bond acceptors (Lipinski definition) is 7. The van der Waals surface area contributed by atoms with Gasteiger partial charge in [-0.25, -0.2) is 9.59 Å². The summed E-state index contributed by atoms with van der Waals surface area (Å²) in [5.74, 6) is -0.120. The molecule has 0 saturated carbocycles. The number of rotatable bonds is 7. The van der Waals surface area contributed by atoms with Crippen molar-refractivity contribution < 1.29 is 33.7 Å². The van der Waals surface area contributed by atoms with Crippen molar-refractivity contribution in [1.29, 1.82) is 0 Å². The van der Waals surface area contributed by atoms with Crippen molar-refractivity contribution >= 4 is 35.5 Å². The highest BCUT2D eigenvalue weighted by Crippen LogP contribution is 2.31. The van der Waals surface area contributed by atoms with E-state index < -0.39 is 18.1 Å². The van der Waals surface area contributed by atoms with Crippen LogP contribution in [0.15, 0.2) is 48.5 Å². The lowest BCUT2D eigenvalue weighted by molar-refractivity contribution is -0.111. The quantitative estimate of drug-likeness (QED) is 0.502. The number of carbonyl (C=O) groups is 3. The molecule has 0 aliphatic heterocycles. The molecule has 0 saturated heterocycles. The molecule has 0 fully saturated rings. The summed E-state index contributed by atoms with van der Waals surface area (Å²) >= 11 is 0. The highest BCUT2D eigenvalue weighted by molar-refractivity contribution is 6.11. The number of phenols is 1. The summed E-state index contributed by atoms with van der Waals surface area (Å²) in [6.45, 7) is 3.18. The van der Waals surface area contributed by atoms with E-state index in [2.05, 4.69) is 5.32 Å². The molecule has 2 rings (SSSR count). The molecule has 0 heterocycles. The van der Waals surface area contributed by atoms with Gasteiger partial charge in [0.05, 0.1) is 20.3 Å². The van der Waals surface area contributed by atoms with Crippen molar-refractivity contribution in [2.75, 3.05) is 30.5 Å². The van der Waals surface area contributed by atoms with Crippen molar-refractivity contribution in [2.45, 2.75) is 13.8 Å². The minimum atomic E-state index is -1.01. The van der Waals surface area contributed by atoms with Crippen LogP contribution in [0.5, 0.6) is 11.5 Å². The van der Waals surface area contributed by atoms with Gasteiger partial charge in [0.1, 0.15) is 17.2 Å². The van der Waals surface area contributed by atoms with E-state index in [-0.39, 0.29) is 30.3 Å². The number of hydrogen-bond donors (Lipinski definition) is 2. The van der Waals surface area contributed by atoms with Gasteiger partial charge in [0.2, 0.25) is 5.91 Å². The summed E-state index contributed by atoms with van der Waals surface area (Å²) < 4.78 is 14.8. The lowest BCUT2D eigenvalue weighted by Gasteiger charge is -2.20. The third-order valence-electron chi connectivity index (χ3n) is 3.93. The standard InChI is InChI=1S/C22H24N2O7/c1-4-30-21(27)24(22(28)31-5-2)18-14-16(9-12-19(18)25)23-20(26)13-8-15-6-10-17(29-3)11-7-15/h6-14,25H,4-5H2,1-3H3,(H,23,26). The van der Waals surface area contributed by atoms with Gasteiger partial charge in [-0.05, 0) is 55.8 Å². The van der Waals surface area contributed by atoms with Crippen LogP contribution in [0.25, 0.3) is 6.08 Å². The zero-order chi connectivity index (χ0) is 22.8. The second kappa shape index (κ2) is 11.2. The lowest BCUT2D eigenvalue weighted by atomic mass is 10.2. The first-order valence-electron chi connectivity index (χ1n) is 9.49. The molecule has 0 radical (unpaired) electrons. The average Bonchev–Trinajstić information content (AvgIpc) is 2.75. The maximum absolute atomic E-state index is 12.3. The number of phenolic OH excluding ortho intramolecular Hbond substituents is 1. The normalized spacial score (nSPS) is 10.4. The maximum Gasteiger partial charge on any atom is 0.424 e. The zero-order valence-corrected chi connectivity index (χ0v) is 17.5. The Kier molecular flexibility index (Phi) is 8.44. The number of carbonyl (C=O) groups excluding carboxylic acids is 3. The van der Waals surface area contributed by atoms with Crippen LogP contribution < -0.4 is 15.0 Å². The number of methoxy groups -OCH3 is 1. The van der Waals surface area contributed by atoms with E-state index in [1.54, 1.807) is 51.3 Å². The molecule has 9 nitrogen and oxygen atoms in total. The number of aromatic hydroxyl groups is 1. The first kappa shape index (κ1) is 23.3. The molecule has 2 N–H and O–H groups in total. The Morgan fingerprint density at radius 1 is 1.00 bits per heavy atom. The number of nitrogens with zero attached hydrogens (tertiary/aromatic N) is 1. The Bertz CT molecular complexity index is 937. The number of imide groups is 1. The van der Waals surface area contributed by atoms with Gasteiger partial charge in [0.25, 0.3) is 0 Å². The fourth-order valence-electron chi connectivity index (χ4n) is 2.50. The average molecular weight is 428 g/mol. The van der Waals surface area contributed by atoms with Crippen molar-refractivity contribution in [3.05, 3.63) is 54.1 Å². The first-order valence-corrected chi connectivity index (χ1v) is 9.49. The van der Waals surface area contributed by atoms with Crippen molar-refractivity contribution in [1.82, 2.24) is 0 Å². The van der Waals surface area contributed by atoms with Crippen LogP contribution >= 0.6 is 0 Å². The molecule has 0 aromatic heterocycles. The smallest absolute Gasteiger partial charge is 0.424 e. The van der Waals surface area contributed by atoms with E-state index in [9.17, 15) is 19.5 Å². The molecule has 0 atom stereocenters. The van der Waals surface area contributed by atoms with Crippen molar-refractivity contribution in [3.63, 3.8) is 0 Å². The minimum Gasteiger partial charge on any atom is -0.506 e. The highest BCUT2D eigenvalue weighted by Gasteiger charge is 2.29. The van der Waals surface area contributed by atoms with Gasteiger partial charge in [0, 0.05) is 11.8 Å². The Balaban J connectivity index is 2.21.